The van der Waals surface area contributed by atoms with Crippen LogP contribution in [0.15, 0.2) is 59.0 Å². The highest BCUT2D eigenvalue weighted by molar-refractivity contribution is 6.03. The number of allylic oxidation sites excluding steroid dienone is 4. The van der Waals surface area contributed by atoms with Crippen LogP contribution in [0, 0.1) is 11.8 Å². The van der Waals surface area contributed by atoms with Gasteiger partial charge in [0.15, 0.2) is 22.7 Å². The minimum atomic E-state index is -1.56. The summed E-state index contributed by atoms with van der Waals surface area (Å²) in [5.41, 5.74) is 1.40. The van der Waals surface area contributed by atoms with Crippen molar-refractivity contribution in [2.45, 2.75) is 129 Å². The number of carbonyl (C=O) groups excluding carboxylic acids is 4. The molecule has 2 aromatic rings. The molecule has 0 radical (unpaired) electrons. The standard InChI is InChI=1S/C51H63N5O9/c1-29(2)12-11-19-49(8)20-18-33-42(63-49)32(14-13-30(3)4)44-38(43(33)62-37(58)16-15-36(57)55-26-24-54(9)25-27-55)40-39-41(56-23-22-52-47(56)53-40)34-28-35-48(6,7)65-50(45(34)59,51(35,39)64-44)21-17-31(5)46(60)61-10/h12-13,17-18,20,22-23,34-35,41H,11,14-16,19,21,24-28H2,1-10H3,(H,52,53)/b31-17-. The third-order valence-electron chi connectivity index (χ3n) is 14.8. The summed E-state index contributed by atoms with van der Waals surface area (Å²) < 4.78 is 35.9. The van der Waals surface area contributed by atoms with Gasteiger partial charge in [0.25, 0.3) is 0 Å². The van der Waals surface area contributed by atoms with E-state index in [1.165, 1.54) is 12.7 Å². The van der Waals surface area contributed by atoms with Crippen molar-refractivity contribution in [1.82, 2.24) is 19.4 Å². The lowest BCUT2D eigenvalue weighted by atomic mass is 9.47. The zero-order valence-corrected chi connectivity index (χ0v) is 39.5. The van der Waals surface area contributed by atoms with E-state index in [0.717, 1.165) is 36.2 Å². The first kappa shape index (κ1) is 44.7. The molecule has 1 N–H and O–H groups in total. The van der Waals surface area contributed by atoms with E-state index < -0.39 is 46.3 Å². The summed E-state index contributed by atoms with van der Waals surface area (Å²) in [6.07, 6.45) is 16.0. The minimum absolute atomic E-state index is 0.00456. The van der Waals surface area contributed by atoms with E-state index in [4.69, 9.17) is 28.7 Å². The molecule has 10 rings (SSSR count). The number of anilines is 1. The van der Waals surface area contributed by atoms with Gasteiger partial charge >= 0.3 is 11.9 Å². The highest BCUT2D eigenvalue weighted by Gasteiger charge is 2.84. The predicted octanol–water partition coefficient (Wildman–Crippen LogP) is 7.55. The maximum atomic E-state index is 15.6. The molecule has 14 heteroatoms. The lowest BCUT2D eigenvalue weighted by molar-refractivity contribution is -0.181. The zero-order chi connectivity index (χ0) is 46.4. The van der Waals surface area contributed by atoms with Crippen LogP contribution in [0.3, 0.4) is 0 Å². The smallest absolute Gasteiger partial charge is 0.333 e. The molecule has 1 aromatic carbocycles. The quantitative estimate of drug-likeness (QED) is 0.0971. The Morgan fingerprint density at radius 1 is 0.969 bits per heavy atom. The summed E-state index contributed by atoms with van der Waals surface area (Å²) in [6.45, 7) is 18.8. The Hall–Kier alpha value is -5.47. The Morgan fingerprint density at radius 3 is 2.42 bits per heavy atom. The number of amides is 1. The molecular formula is C51H63N5O9. The second-order valence-corrected chi connectivity index (χ2v) is 20.2. The third-order valence-corrected chi connectivity index (χ3v) is 14.8. The number of fused-ring (bicyclic) bond motifs is 4. The van der Waals surface area contributed by atoms with E-state index in [-0.39, 0.29) is 42.6 Å². The van der Waals surface area contributed by atoms with E-state index in [0.29, 0.717) is 72.2 Å². The van der Waals surface area contributed by atoms with Crippen molar-refractivity contribution in [2.24, 2.45) is 11.8 Å². The number of esters is 2. The van der Waals surface area contributed by atoms with Crippen LogP contribution in [0.1, 0.15) is 117 Å². The molecule has 2 saturated heterocycles. The van der Waals surface area contributed by atoms with Crippen LogP contribution in [-0.4, -0.2) is 106 Å². The SMILES string of the molecule is COC(=O)/C(C)=C\CC12OC(C)(C)C3CC(C1=O)C1C4=C(Nc5nccn51)c1c(OC(=O)CCC(=O)N5CCN(C)CC5)c5c(c(CC=C(C)C)c1OC432)OC(C)(CCC=C(C)C)C=C5. The van der Waals surface area contributed by atoms with Crippen LogP contribution in [0.5, 0.6) is 17.2 Å². The molecule has 14 nitrogen and oxygen atoms in total. The molecule has 6 atom stereocenters. The molecule has 1 aromatic heterocycles. The Balaban J connectivity index is 1.27. The second-order valence-electron chi connectivity index (χ2n) is 20.2. The van der Waals surface area contributed by atoms with Crippen molar-refractivity contribution in [3.05, 3.63) is 75.7 Å². The maximum Gasteiger partial charge on any atom is 0.333 e. The number of aromatic nitrogens is 2. The summed E-state index contributed by atoms with van der Waals surface area (Å²) in [6, 6.07) is -0.496. The summed E-state index contributed by atoms with van der Waals surface area (Å²) in [5.74, 6) is -0.377. The molecular weight excluding hydrogens is 827 g/mol. The fourth-order valence-electron chi connectivity index (χ4n) is 11.5. The van der Waals surface area contributed by atoms with Crippen molar-refractivity contribution in [3.8, 4) is 17.2 Å². The van der Waals surface area contributed by atoms with Gasteiger partial charge in [-0.1, -0.05) is 29.4 Å². The van der Waals surface area contributed by atoms with Crippen molar-refractivity contribution >= 4 is 41.4 Å². The lowest BCUT2D eigenvalue weighted by Crippen LogP contribution is -2.75. The van der Waals surface area contributed by atoms with Gasteiger partial charge in [0.2, 0.25) is 11.9 Å². The number of hydrogen-bond acceptors (Lipinski definition) is 12. The average molecular weight is 890 g/mol. The number of carbonyl (C=O) groups is 4. The van der Waals surface area contributed by atoms with Gasteiger partial charge in [-0.25, -0.2) is 9.78 Å². The van der Waals surface area contributed by atoms with E-state index in [1.54, 1.807) is 19.2 Å². The molecule has 6 unspecified atom stereocenters. The summed E-state index contributed by atoms with van der Waals surface area (Å²) in [7, 11) is 3.37. The molecule has 3 saturated carbocycles. The number of Topliss-reactive ketones (excluding diaryl/α,β-unsaturated/α-hetero) is 1. The van der Waals surface area contributed by atoms with Crippen LogP contribution >= 0.6 is 0 Å². The van der Waals surface area contributed by atoms with E-state index in [9.17, 15) is 14.4 Å². The number of imidazole rings is 1. The first-order valence-corrected chi connectivity index (χ1v) is 23.1. The number of benzene rings is 1. The molecule has 65 heavy (non-hydrogen) atoms. The topological polar surface area (TPSA) is 151 Å². The molecule has 5 fully saturated rings. The number of ketones is 1. The Morgan fingerprint density at radius 2 is 1.71 bits per heavy atom. The van der Waals surface area contributed by atoms with Gasteiger partial charge < -0.3 is 43.4 Å². The molecule has 6 heterocycles. The summed E-state index contributed by atoms with van der Waals surface area (Å²) >= 11 is 0. The van der Waals surface area contributed by atoms with Crippen molar-refractivity contribution in [3.63, 3.8) is 0 Å². The number of piperazine rings is 1. The normalized spacial score (nSPS) is 28.8. The molecule has 346 valence electrons. The number of rotatable bonds is 12. The summed E-state index contributed by atoms with van der Waals surface area (Å²) in [4.78, 5) is 64.9. The number of ether oxygens (including phenoxy) is 5. The Labute approximate surface area is 381 Å². The van der Waals surface area contributed by atoms with Gasteiger partial charge in [-0.15, -0.1) is 0 Å². The van der Waals surface area contributed by atoms with Gasteiger partial charge in [-0.2, -0.15) is 0 Å². The number of likely N-dealkylation sites (N-methyl/N-ethyl adjacent to an activating group) is 1. The van der Waals surface area contributed by atoms with E-state index in [1.807, 2.05) is 62.6 Å². The average Bonchev–Trinajstić information content (AvgIpc) is 3.79. The fraction of sp³-hybridized carbons (Fsp3) is 0.549. The first-order chi connectivity index (χ1) is 30.8. The first-order valence-electron chi connectivity index (χ1n) is 23.1. The van der Waals surface area contributed by atoms with Crippen LogP contribution < -0.4 is 19.5 Å². The van der Waals surface area contributed by atoms with Crippen molar-refractivity contribution in [2.75, 3.05) is 45.7 Å². The minimum Gasteiger partial charge on any atom is -0.482 e. The van der Waals surface area contributed by atoms with Gasteiger partial charge in [0.1, 0.15) is 17.1 Å². The summed E-state index contributed by atoms with van der Waals surface area (Å²) in [5, 5.41) is 3.68. The van der Waals surface area contributed by atoms with E-state index in [2.05, 4.69) is 43.1 Å². The Kier molecular flexibility index (Phi) is 11.1. The van der Waals surface area contributed by atoms with Gasteiger partial charge in [-0.05, 0) is 100 Å². The predicted molar refractivity (Wildman–Crippen MR) is 245 cm³/mol. The molecule has 1 spiro atoms. The number of nitrogens with one attached hydrogen (secondary N) is 1. The van der Waals surface area contributed by atoms with Crippen molar-refractivity contribution < 1.29 is 42.9 Å². The third kappa shape index (κ3) is 7.08. The number of hydrogen-bond donors (Lipinski definition) is 1. The molecule has 3 aliphatic carbocycles. The van der Waals surface area contributed by atoms with Crippen molar-refractivity contribution in [1.29, 1.82) is 0 Å². The highest BCUT2D eigenvalue weighted by atomic mass is 16.6. The number of methoxy groups -OCH3 is 1. The molecule has 1 amide bonds. The zero-order valence-electron chi connectivity index (χ0n) is 39.5. The monoisotopic (exact) mass is 889 g/mol. The van der Waals surface area contributed by atoms with Crippen LogP contribution in [0.25, 0.3) is 11.8 Å². The van der Waals surface area contributed by atoms with Gasteiger partial charge in [0.05, 0.1) is 42.0 Å². The van der Waals surface area contributed by atoms with Crippen LogP contribution in [0.4, 0.5) is 5.95 Å². The Bertz CT molecular complexity index is 2530. The molecule has 4 bridgehead atoms. The molecule has 8 aliphatic rings. The highest BCUT2D eigenvalue weighted by Crippen LogP contribution is 2.74. The van der Waals surface area contributed by atoms with Gasteiger partial charge in [0, 0.05) is 80.0 Å². The van der Waals surface area contributed by atoms with Crippen LogP contribution in [-0.2, 0) is 35.1 Å². The second kappa shape index (κ2) is 16.1. The van der Waals surface area contributed by atoms with E-state index >= 15 is 4.79 Å². The van der Waals surface area contributed by atoms with Crippen LogP contribution in [0.2, 0.25) is 0 Å². The fourth-order valence-corrected chi connectivity index (χ4v) is 11.5. The largest absolute Gasteiger partial charge is 0.482 e. The van der Waals surface area contributed by atoms with Gasteiger partial charge in [-0.3, -0.25) is 14.4 Å². The number of nitrogens with zero attached hydrogens (tertiary/aromatic N) is 4. The maximum absolute atomic E-state index is 15.6. The molecule has 5 aliphatic heterocycles. The lowest BCUT2D eigenvalue weighted by Gasteiger charge is -2.62.